The first-order valence-electron chi connectivity index (χ1n) is 6.79. The van der Waals surface area contributed by atoms with Crippen molar-refractivity contribution in [1.29, 1.82) is 0 Å². The van der Waals surface area contributed by atoms with Gasteiger partial charge in [0.1, 0.15) is 12.4 Å². The van der Waals surface area contributed by atoms with Crippen molar-refractivity contribution in [2.45, 2.75) is 26.7 Å². The number of ether oxygens (including phenoxy) is 2. The molecule has 0 saturated heterocycles. The van der Waals surface area contributed by atoms with Crippen molar-refractivity contribution in [1.82, 2.24) is 5.32 Å². The van der Waals surface area contributed by atoms with E-state index < -0.39 is 0 Å². The second kappa shape index (κ2) is 12.9. The lowest BCUT2D eigenvalue weighted by Crippen LogP contribution is -2.23. The van der Waals surface area contributed by atoms with Crippen molar-refractivity contribution in [3.63, 3.8) is 0 Å². The number of hydrogen-bond donors (Lipinski definition) is 1. The fraction of sp³-hybridized carbons (Fsp3) is 0.533. The van der Waals surface area contributed by atoms with Crippen LogP contribution >= 0.6 is 0 Å². The highest BCUT2D eigenvalue weighted by Crippen LogP contribution is 2.08. The Balaban J connectivity index is 0.00000154. The summed E-state index contributed by atoms with van der Waals surface area (Å²) in [5, 5.41) is 2.50. The predicted octanol–water partition coefficient (Wildman–Crippen LogP) is 2.63. The van der Waals surface area contributed by atoms with Gasteiger partial charge in [-0.15, -0.1) is 0 Å². The van der Waals surface area contributed by atoms with Crippen LogP contribution in [0.4, 0.5) is 0 Å². The first-order valence-corrected chi connectivity index (χ1v) is 6.79. The monoisotopic (exact) mass is 267 g/mol. The Morgan fingerprint density at radius 1 is 1.11 bits per heavy atom. The van der Waals surface area contributed by atoms with Gasteiger partial charge in [0.2, 0.25) is 5.91 Å². The maximum absolute atomic E-state index is 10.8. The smallest absolute Gasteiger partial charge is 0.245 e. The van der Waals surface area contributed by atoms with E-state index in [-0.39, 0.29) is 12.5 Å². The van der Waals surface area contributed by atoms with E-state index in [1.165, 1.54) is 0 Å². The fourth-order valence-corrected chi connectivity index (χ4v) is 1.25. The molecule has 0 aliphatic rings. The van der Waals surface area contributed by atoms with Crippen molar-refractivity contribution in [2.24, 2.45) is 0 Å². The lowest BCUT2D eigenvalue weighted by atomic mass is 10.3. The number of likely N-dealkylation sites (N-methyl/N-ethyl adjacent to an activating group) is 1. The molecule has 4 heteroatoms. The molecule has 0 unspecified atom stereocenters. The fourth-order valence-electron chi connectivity index (χ4n) is 1.25. The first-order chi connectivity index (χ1) is 9.33. The minimum atomic E-state index is -0.0921. The summed E-state index contributed by atoms with van der Waals surface area (Å²) in [7, 11) is 1.60. The van der Waals surface area contributed by atoms with Gasteiger partial charge in [-0.25, -0.2) is 0 Å². The van der Waals surface area contributed by atoms with E-state index in [1.54, 1.807) is 7.05 Å². The third kappa shape index (κ3) is 10.1. The van der Waals surface area contributed by atoms with Crippen LogP contribution in [0.5, 0.6) is 5.75 Å². The molecule has 0 aliphatic carbocycles. The number of nitrogens with one attached hydrogen (secondary N) is 1. The predicted molar refractivity (Wildman–Crippen MR) is 77.4 cm³/mol. The minimum Gasteiger partial charge on any atom is -0.494 e. The molecule has 0 aromatic heterocycles. The van der Waals surface area contributed by atoms with Gasteiger partial charge in [0, 0.05) is 13.7 Å². The van der Waals surface area contributed by atoms with Crippen molar-refractivity contribution in [3.05, 3.63) is 30.3 Å². The second-order valence-electron chi connectivity index (χ2n) is 3.59. The zero-order valence-corrected chi connectivity index (χ0v) is 12.1. The molecule has 1 rings (SSSR count). The molecule has 0 atom stereocenters. The topological polar surface area (TPSA) is 47.6 Å². The van der Waals surface area contributed by atoms with Gasteiger partial charge < -0.3 is 14.8 Å². The van der Waals surface area contributed by atoms with E-state index in [0.717, 1.165) is 18.6 Å². The van der Waals surface area contributed by atoms with E-state index in [9.17, 15) is 4.79 Å². The highest BCUT2D eigenvalue weighted by molar-refractivity contribution is 5.76. The molecule has 0 heterocycles. The number of unbranched alkanes of at least 4 members (excludes halogenated alkanes) is 1. The maximum atomic E-state index is 10.8. The summed E-state index contributed by atoms with van der Waals surface area (Å²) < 4.78 is 10.7. The Bertz CT molecular complexity index is 314. The summed E-state index contributed by atoms with van der Waals surface area (Å²) in [5.41, 5.74) is 0. The summed E-state index contributed by atoms with van der Waals surface area (Å²) in [6, 6.07) is 9.72. The number of carbonyl (C=O) groups excluding carboxylic acids is 1. The number of para-hydroxylation sites is 1. The summed E-state index contributed by atoms with van der Waals surface area (Å²) in [6.45, 7) is 5.40. The molecule has 0 aliphatic heterocycles. The average Bonchev–Trinajstić information content (AvgIpc) is 2.49. The summed E-state index contributed by atoms with van der Waals surface area (Å²) in [6.07, 6.45) is 1.81. The van der Waals surface area contributed by atoms with Gasteiger partial charge in [-0.05, 0) is 25.0 Å². The van der Waals surface area contributed by atoms with Crippen LogP contribution in [0.3, 0.4) is 0 Å². The molecule has 19 heavy (non-hydrogen) atoms. The zero-order chi connectivity index (χ0) is 14.3. The molecule has 1 N–H and O–H groups in total. The molecule has 0 saturated carbocycles. The van der Waals surface area contributed by atoms with E-state index >= 15 is 0 Å². The van der Waals surface area contributed by atoms with Crippen molar-refractivity contribution >= 4 is 5.91 Å². The molecular formula is C15H25NO3. The van der Waals surface area contributed by atoms with Crippen LogP contribution in [-0.4, -0.2) is 32.8 Å². The van der Waals surface area contributed by atoms with Gasteiger partial charge >= 0.3 is 0 Å². The third-order valence-electron chi connectivity index (χ3n) is 2.21. The molecule has 1 aromatic carbocycles. The van der Waals surface area contributed by atoms with Crippen LogP contribution in [0.25, 0.3) is 0 Å². The summed E-state index contributed by atoms with van der Waals surface area (Å²) >= 11 is 0. The number of rotatable bonds is 8. The van der Waals surface area contributed by atoms with Gasteiger partial charge in [0.25, 0.3) is 0 Å². The van der Waals surface area contributed by atoms with Crippen molar-refractivity contribution < 1.29 is 14.3 Å². The molecule has 0 bridgehead atoms. The summed E-state index contributed by atoms with van der Waals surface area (Å²) in [4.78, 5) is 10.8. The first kappa shape index (κ1) is 17.4. The van der Waals surface area contributed by atoms with E-state index in [2.05, 4.69) is 5.32 Å². The van der Waals surface area contributed by atoms with E-state index in [1.807, 2.05) is 44.2 Å². The number of benzene rings is 1. The van der Waals surface area contributed by atoms with Crippen LogP contribution < -0.4 is 10.1 Å². The minimum absolute atomic E-state index is 0.0921. The van der Waals surface area contributed by atoms with Gasteiger partial charge in [-0.2, -0.15) is 0 Å². The van der Waals surface area contributed by atoms with Crippen LogP contribution in [0.2, 0.25) is 0 Å². The zero-order valence-electron chi connectivity index (χ0n) is 12.1. The largest absolute Gasteiger partial charge is 0.494 e. The molecule has 108 valence electrons. The quantitative estimate of drug-likeness (QED) is 0.737. The second-order valence-corrected chi connectivity index (χ2v) is 3.59. The maximum Gasteiger partial charge on any atom is 0.245 e. The molecule has 0 fully saturated rings. The van der Waals surface area contributed by atoms with Crippen molar-refractivity contribution in [3.8, 4) is 5.75 Å². The van der Waals surface area contributed by atoms with Crippen LogP contribution in [0, 0.1) is 0 Å². The Kier molecular flexibility index (Phi) is 11.8. The van der Waals surface area contributed by atoms with Gasteiger partial charge in [0.15, 0.2) is 0 Å². The van der Waals surface area contributed by atoms with E-state index in [4.69, 9.17) is 9.47 Å². The Morgan fingerprint density at radius 2 is 1.74 bits per heavy atom. The van der Waals surface area contributed by atoms with Crippen LogP contribution in [0.1, 0.15) is 26.7 Å². The number of hydrogen-bond acceptors (Lipinski definition) is 3. The Morgan fingerprint density at radius 3 is 2.37 bits per heavy atom. The van der Waals surface area contributed by atoms with Gasteiger partial charge in [-0.3, -0.25) is 4.79 Å². The standard InChI is InChI=1S/C13H19NO3.C2H6/c1-14-13(15)11-16-9-5-6-10-17-12-7-3-2-4-8-12;1-2/h2-4,7-8H,5-6,9-11H2,1H3,(H,14,15);1-2H3. The van der Waals surface area contributed by atoms with Gasteiger partial charge in [0.05, 0.1) is 6.61 Å². The Labute approximate surface area is 116 Å². The third-order valence-corrected chi connectivity index (χ3v) is 2.21. The molecule has 0 spiro atoms. The van der Waals surface area contributed by atoms with E-state index in [0.29, 0.717) is 13.2 Å². The normalized spacial score (nSPS) is 9.21. The molecular weight excluding hydrogens is 242 g/mol. The number of amides is 1. The lowest BCUT2D eigenvalue weighted by molar-refractivity contribution is -0.125. The summed E-state index contributed by atoms with van der Waals surface area (Å²) in [5.74, 6) is 0.796. The molecule has 0 radical (unpaired) electrons. The van der Waals surface area contributed by atoms with Crippen LogP contribution in [-0.2, 0) is 9.53 Å². The van der Waals surface area contributed by atoms with Gasteiger partial charge in [-0.1, -0.05) is 32.0 Å². The molecule has 1 aromatic rings. The average molecular weight is 267 g/mol. The Hall–Kier alpha value is -1.55. The lowest BCUT2D eigenvalue weighted by Gasteiger charge is -2.06. The van der Waals surface area contributed by atoms with Crippen LogP contribution in [0.15, 0.2) is 30.3 Å². The highest BCUT2D eigenvalue weighted by atomic mass is 16.5. The highest BCUT2D eigenvalue weighted by Gasteiger charge is 1.97. The van der Waals surface area contributed by atoms with Crippen molar-refractivity contribution in [2.75, 3.05) is 26.9 Å². The SMILES string of the molecule is CC.CNC(=O)COCCCCOc1ccccc1. The number of carbonyl (C=O) groups is 1. The molecule has 4 nitrogen and oxygen atoms in total. The molecule has 1 amide bonds.